The maximum Gasteiger partial charge on any atom is 0.325 e. The lowest BCUT2D eigenvalue weighted by atomic mass is 9.76. The van der Waals surface area contributed by atoms with E-state index in [4.69, 9.17) is 4.42 Å². The van der Waals surface area contributed by atoms with Crippen molar-refractivity contribution in [3.63, 3.8) is 0 Å². The minimum absolute atomic E-state index is 0.0734. The summed E-state index contributed by atoms with van der Waals surface area (Å²) in [6.45, 7) is 1.23. The molecular formula is C24H22N4O5. The Morgan fingerprint density at radius 2 is 1.85 bits per heavy atom. The molecule has 0 unspecified atom stereocenters. The van der Waals surface area contributed by atoms with E-state index in [2.05, 4.69) is 16.2 Å². The third-order valence-corrected chi connectivity index (χ3v) is 6.32. The Balaban J connectivity index is 1.27. The first-order chi connectivity index (χ1) is 15.9. The van der Waals surface area contributed by atoms with E-state index in [1.165, 1.54) is 0 Å². The number of hydrogen-bond acceptors (Lipinski definition) is 5. The lowest BCUT2D eigenvalue weighted by Crippen LogP contribution is -2.49. The Hall–Kier alpha value is -4.14. The van der Waals surface area contributed by atoms with Crippen molar-refractivity contribution in [3.8, 4) is 0 Å². The first-order valence-electron chi connectivity index (χ1n) is 10.7. The number of hydrazine groups is 1. The molecule has 0 radical (unpaired) electrons. The first-order valence-corrected chi connectivity index (χ1v) is 10.7. The van der Waals surface area contributed by atoms with Crippen LogP contribution in [-0.4, -0.2) is 35.2 Å². The number of amides is 5. The third kappa shape index (κ3) is 3.32. The van der Waals surface area contributed by atoms with Crippen LogP contribution in [0.4, 0.5) is 4.79 Å². The molecular weight excluding hydrogens is 424 g/mol. The summed E-state index contributed by atoms with van der Waals surface area (Å²) >= 11 is 0. The standard InChI is InChI=1S/C24H22N4O5/c1-14-16-9-3-5-11-18(16)33-20(14)21(30)27-26-19(29)13-28-22(31)24(25-23(28)32)12-6-8-15-7-2-4-10-17(15)24/h2-5,7,9-11H,6,8,12-13H2,1H3,(H,25,32)(H,26,29)(H,27,30)/t24-/m0/s1. The molecule has 1 saturated heterocycles. The second-order valence-corrected chi connectivity index (χ2v) is 8.29. The van der Waals surface area contributed by atoms with E-state index in [1.807, 2.05) is 36.4 Å². The molecule has 2 aliphatic rings. The van der Waals surface area contributed by atoms with Crippen molar-refractivity contribution >= 4 is 34.7 Å². The number of benzene rings is 2. The van der Waals surface area contributed by atoms with E-state index < -0.39 is 35.8 Å². The topological polar surface area (TPSA) is 121 Å². The van der Waals surface area contributed by atoms with Gasteiger partial charge in [0.2, 0.25) is 0 Å². The number of para-hydroxylation sites is 1. The number of urea groups is 1. The van der Waals surface area contributed by atoms with Crippen LogP contribution in [0.1, 0.15) is 40.1 Å². The fourth-order valence-electron chi connectivity index (χ4n) is 4.71. The van der Waals surface area contributed by atoms with E-state index >= 15 is 0 Å². The number of nitrogens with zero attached hydrogens (tertiary/aromatic N) is 1. The molecule has 2 aromatic carbocycles. The Bertz CT molecular complexity index is 1310. The number of carbonyl (C=O) groups is 4. The number of aryl methyl sites for hydroxylation is 2. The number of fused-ring (bicyclic) bond motifs is 3. The van der Waals surface area contributed by atoms with Gasteiger partial charge in [0.05, 0.1) is 0 Å². The van der Waals surface area contributed by atoms with Crippen LogP contribution in [0.3, 0.4) is 0 Å². The van der Waals surface area contributed by atoms with Crippen molar-refractivity contribution in [3.05, 3.63) is 71.0 Å². The lowest BCUT2D eigenvalue weighted by molar-refractivity contribution is -0.135. The molecule has 5 amide bonds. The van der Waals surface area contributed by atoms with Gasteiger partial charge in [0.15, 0.2) is 5.76 Å². The second kappa shape index (κ2) is 7.77. The first kappa shape index (κ1) is 20.7. The van der Waals surface area contributed by atoms with Crippen LogP contribution < -0.4 is 16.2 Å². The number of imide groups is 1. The maximum atomic E-state index is 13.3. The van der Waals surface area contributed by atoms with E-state index in [0.29, 0.717) is 17.6 Å². The molecule has 9 nitrogen and oxygen atoms in total. The summed E-state index contributed by atoms with van der Waals surface area (Å²) in [4.78, 5) is 51.7. The molecule has 3 N–H and O–H groups in total. The number of carbonyl (C=O) groups excluding carboxylic acids is 4. The van der Waals surface area contributed by atoms with Crippen molar-refractivity contribution in [2.75, 3.05) is 6.54 Å². The fraction of sp³-hybridized carbons (Fsp3) is 0.250. The van der Waals surface area contributed by atoms with Crippen LogP contribution in [0.2, 0.25) is 0 Å². The SMILES string of the molecule is Cc1c(C(=O)NNC(=O)CN2C(=O)N[C@]3(CCCc4ccccc43)C2=O)oc2ccccc12. The molecule has 1 atom stereocenters. The van der Waals surface area contributed by atoms with Crippen molar-refractivity contribution < 1.29 is 23.6 Å². The molecule has 3 aromatic rings. The minimum atomic E-state index is -1.15. The van der Waals surface area contributed by atoms with Gasteiger partial charge in [-0.05, 0) is 43.4 Å². The van der Waals surface area contributed by atoms with E-state index in [1.54, 1.807) is 19.1 Å². The van der Waals surface area contributed by atoms with Crippen molar-refractivity contribution in [1.29, 1.82) is 0 Å². The van der Waals surface area contributed by atoms with Gasteiger partial charge in [-0.25, -0.2) is 4.79 Å². The van der Waals surface area contributed by atoms with Crippen molar-refractivity contribution in [1.82, 2.24) is 21.1 Å². The highest BCUT2D eigenvalue weighted by Gasteiger charge is 2.54. The molecule has 2 heterocycles. The monoisotopic (exact) mass is 446 g/mol. The van der Waals surface area contributed by atoms with Gasteiger partial charge in [-0.2, -0.15) is 0 Å². The summed E-state index contributed by atoms with van der Waals surface area (Å²) in [6, 6.07) is 14.1. The van der Waals surface area contributed by atoms with Gasteiger partial charge >= 0.3 is 11.9 Å². The average Bonchev–Trinajstić information content (AvgIpc) is 3.28. The Morgan fingerprint density at radius 3 is 2.67 bits per heavy atom. The highest BCUT2D eigenvalue weighted by Crippen LogP contribution is 2.39. The van der Waals surface area contributed by atoms with Crippen LogP contribution in [-0.2, 0) is 21.5 Å². The summed E-state index contributed by atoms with van der Waals surface area (Å²) in [6.07, 6.45) is 2.04. The van der Waals surface area contributed by atoms with Gasteiger partial charge in [0, 0.05) is 10.9 Å². The fourth-order valence-corrected chi connectivity index (χ4v) is 4.71. The van der Waals surface area contributed by atoms with Gasteiger partial charge in [-0.1, -0.05) is 42.5 Å². The molecule has 0 saturated carbocycles. The van der Waals surface area contributed by atoms with Crippen molar-refractivity contribution in [2.24, 2.45) is 0 Å². The molecule has 9 heteroatoms. The van der Waals surface area contributed by atoms with Crippen LogP contribution >= 0.6 is 0 Å². The van der Waals surface area contributed by atoms with Crippen LogP contribution in [0.15, 0.2) is 52.9 Å². The van der Waals surface area contributed by atoms with Crippen molar-refractivity contribution in [2.45, 2.75) is 31.7 Å². The smallest absolute Gasteiger partial charge is 0.325 e. The quantitative estimate of drug-likeness (QED) is 0.421. The number of rotatable bonds is 3. The van der Waals surface area contributed by atoms with Gasteiger partial charge in [-0.15, -0.1) is 0 Å². The molecule has 0 bridgehead atoms. The largest absolute Gasteiger partial charge is 0.451 e. The van der Waals surface area contributed by atoms with Crippen LogP contribution in [0, 0.1) is 6.92 Å². The minimum Gasteiger partial charge on any atom is -0.451 e. The summed E-state index contributed by atoms with van der Waals surface area (Å²) in [5.41, 5.74) is 6.38. The molecule has 1 aliphatic heterocycles. The highest BCUT2D eigenvalue weighted by atomic mass is 16.3. The zero-order chi connectivity index (χ0) is 23.2. The van der Waals surface area contributed by atoms with E-state index in [9.17, 15) is 19.2 Å². The molecule has 1 aliphatic carbocycles. The normalized spacial score (nSPS) is 19.5. The third-order valence-electron chi connectivity index (χ3n) is 6.32. The van der Waals surface area contributed by atoms with Gasteiger partial charge in [0.25, 0.3) is 11.8 Å². The number of hydrogen-bond donors (Lipinski definition) is 3. The zero-order valence-electron chi connectivity index (χ0n) is 17.9. The number of nitrogens with one attached hydrogen (secondary N) is 3. The zero-order valence-corrected chi connectivity index (χ0v) is 17.9. The predicted molar refractivity (Wildman–Crippen MR) is 118 cm³/mol. The average molecular weight is 446 g/mol. The summed E-state index contributed by atoms with van der Waals surface area (Å²) in [7, 11) is 0. The van der Waals surface area contributed by atoms with Gasteiger partial charge < -0.3 is 9.73 Å². The molecule has 1 fully saturated rings. The summed E-state index contributed by atoms with van der Waals surface area (Å²) in [5, 5.41) is 3.60. The van der Waals surface area contributed by atoms with Gasteiger partial charge in [-0.3, -0.25) is 30.1 Å². The summed E-state index contributed by atoms with van der Waals surface area (Å²) in [5.74, 6) is -1.73. The molecule has 168 valence electrons. The highest BCUT2D eigenvalue weighted by molar-refractivity contribution is 6.10. The van der Waals surface area contributed by atoms with Crippen LogP contribution in [0.25, 0.3) is 11.0 Å². The molecule has 33 heavy (non-hydrogen) atoms. The molecule has 1 spiro atoms. The maximum absolute atomic E-state index is 13.3. The van der Waals surface area contributed by atoms with Gasteiger partial charge in [0.1, 0.15) is 17.7 Å². The Morgan fingerprint density at radius 1 is 1.09 bits per heavy atom. The van der Waals surface area contributed by atoms with E-state index in [-0.39, 0.29) is 5.76 Å². The Kier molecular flexibility index (Phi) is 4.88. The predicted octanol–water partition coefficient (Wildman–Crippen LogP) is 2.29. The van der Waals surface area contributed by atoms with Crippen LogP contribution in [0.5, 0.6) is 0 Å². The Labute approximate surface area is 189 Å². The lowest BCUT2D eigenvalue weighted by Gasteiger charge is -2.33. The number of furan rings is 1. The molecule has 5 rings (SSSR count). The second-order valence-electron chi connectivity index (χ2n) is 8.29. The van der Waals surface area contributed by atoms with E-state index in [0.717, 1.165) is 34.3 Å². The molecule has 1 aromatic heterocycles. The summed E-state index contributed by atoms with van der Waals surface area (Å²) < 4.78 is 5.58.